The molecule has 126 valence electrons. The van der Waals surface area contributed by atoms with E-state index in [1.165, 1.54) is 24.0 Å². The number of carbonyl (C=O) groups excluding carboxylic acids is 1. The van der Waals surface area contributed by atoms with Crippen molar-refractivity contribution in [1.29, 1.82) is 0 Å². The standard InChI is InChI=1S/C21H25NO2/c1-14-10-15(2)12-19(11-14)22-21(23)16(3)24-20-9-8-17-6-4-5-7-18(17)13-20/h8-13,16H,4-7H2,1-3H3,(H,22,23)/t16-/m1/s1. The molecule has 0 saturated heterocycles. The van der Waals surface area contributed by atoms with Crippen LogP contribution in [0.5, 0.6) is 5.75 Å². The van der Waals surface area contributed by atoms with Gasteiger partial charge in [-0.15, -0.1) is 0 Å². The molecule has 1 aliphatic rings. The quantitative estimate of drug-likeness (QED) is 0.894. The molecule has 0 aliphatic heterocycles. The van der Waals surface area contributed by atoms with Crippen LogP contribution in [0.1, 0.15) is 42.0 Å². The van der Waals surface area contributed by atoms with Gasteiger partial charge >= 0.3 is 0 Å². The monoisotopic (exact) mass is 323 g/mol. The molecule has 3 rings (SSSR count). The van der Waals surface area contributed by atoms with Crippen molar-refractivity contribution in [3.05, 3.63) is 58.7 Å². The lowest BCUT2D eigenvalue weighted by Gasteiger charge is -2.19. The summed E-state index contributed by atoms with van der Waals surface area (Å²) >= 11 is 0. The summed E-state index contributed by atoms with van der Waals surface area (Å²) in [6.07, 6.45) is 4.22. The summed E-state index contributed by atoms with van der Waals surface area (Å²) < 4.78 is 5.86. The molecule has 3 heteroatoms. The maximum absolute atomic E-state index is 12.4. The Kier molecular flexibility index (Phi) is 4.89. The number of ether oxygens (including phenoxy) is 1. The Morgan fingerprint density at radius 3 is 2.38 bits per heavy atom. The van der Waals surface area contributed by atoms with Gasteiger partial charge < -0.3 is 10.1 Å². The molecule has 0 saturated carbocycles. The Morgan fingerprint density at radius 2 is 1.67 bits per heavy atom. The minimum absolute atomic E-state index is 0.127. The fraction of sp³-hybridized carbons (Fsp3) is 0.381. The van der Waals surface area contributed by atoms with Crippen LogP contribution >= 0.6 is 0 Å². The second kappa shape index (κ2) is 7.08. The Morgan fingerprint density at radius 1 is 1.00 bits per heavy atom. The van der Waals surface area contributed by atoms with Crippen molar-refractivity contribution in [3.63, 3.8) is 0 Å². The van der Waals surface area contributed by atoms with Crippen LogP contribution < -0.4 is 10.1 Å². The lowest BCUT2D eigenvalue weighted by atomic mass is 9.92. The molecular formula is C21H25NO2. The molecule has 24 heavy (non-hydrogen) atoms. The second-order valence-electron chi connectivity index (χ2n) is 6.76. The van der Waals surface area contributed by atoms with Gasteiger partial charge in [0.15, 0.2) is 6.10 Å². The molecule has 2 aromatic carbocycles. The minimum atomic E-state index is -0.535. The summed E-state index contributed by atoms with van der Waals surface area (Å²) in [4.78, 5) is 12.4. The van der Waals surface area contributed by atoms with Crippen LogP contribution in [0.4, 0.5) is 5.69 Å². The van der Waals surface area contributed by atoms with Gasteiger partial charge in [-0.1, -0.05) is 12.1 Å². The van der Waals surface area contributed by atoms with Crippen molar-refractivity contribution in [1.82, 2.24) is 0 Å². The first-order valence-corrected chi connectivity index (χ1v) is 8.69. The Bertz CT molecular complexity index is 731. The molecule has 0 aromatic heterocycles. The summed E-state index contributed by atoms with van der Waals surface area (Å²) in [6, 6.07) is 12.2. The highest BCUT2D eigenvalue weighted by molar-refractivity contribution is 5.94. The van der Waals surface area contributed by atoms with Crippen molar-refractivity contribution >= 4 is 11.6 Å². The zero-order valence-electron chi connectivity index (χ0n) is 14.7. The average Bonchev–Trinajstić information content (AvgIpc) is 2.53. The van der Waals surface area contributed by atoms with E-state index in [2.05, 4.69) is 23.5 Å². The van der Waals surface area contributed by atoms with E-state index in [0.29, 0.717) is 0 Å². The molecule has 0 bridgehead atoms. The van der Waals surface area contributed by atoms with Gasteiger partial charge in [0.2, 0.25) is 0 Å². The van der Waals surface area contributed by atoms with Gasteiger partial charge in [-0.3, -0.25) is 4.79 Å². The maximum atomic E-state index is 12.4. The molecule has 1 aliphatic carbocycles. The average molecular weight is 323 g/mol. The lowest BCUT2D eigenvalue weighted by molar-refractivity contribution is -0.122. The third kappa shape index (κ3) is 3.97. The van der Waals surface area contributed by atoms with Crippen LogP contribution in [0, 0.1) is 13.8 Å². The van der Waals surface area contributed by atoms with Crippen molar-refractivity contribution in [2.45, 2.75) is 52.6 Å². The largest absolute Gasteiger partial charge is 0.481 e. The number of hydrogen-bond acceptors (Lipinski definition) is 2. The van der Waals surface area contributed by atoms with Crippen LogP contribution in [0.15, 0.2) is 36.4 Å². The molecule has 0 fully saturated rings. The van der Waals surface area contributed by atoms with Gasteiger partial charge in [0.25, 0.3) is 5.91 Å². The number of amides is 1. The first-order valence-electron chi connectivity index (χ1n) is 8.69. The molecule has 1 N–H and O–H groups in total. The third-order valence-electron chi connectivity index (χ3n) is 4.49. The number of nitrogens with one attached hydrogen (secondary N) is 1. The van der Waals surface area contributed by atoms with Gasteiger partial charge in [0, 0.05) is 5.69 Å². The van der Waals surface area contributed by atoms with Crippen LogP contribution in [0.25, 0.3) is 0 Å². The van der Waals surface area contributed by atoms with E-state index >= 15 is 0 Å². The zero-order valence-corrected chi connectivity index (χ0v) is 14.7. The number of carbonyl (C=O) groups is 1. The smallest absolute Gasteiger partial charge is 0.265 e. The summed E-state index contributed by atoms with van der Waals surface area (Å²) in [6.45, 7) is 5.84. The molecule has 2 aromatic rings. The van der Waals surface area contributed by atoms with Gasteiger partial charge in [0.05, 0.1) is 0 Å². The van der Waals surface area contributed by atoms with Crippen LogP contribution in [-0.4, -0.2) is 12.0 Å². The summed E-state index contributed by atoms with van der Waals surface area (Å²) in [5.74, 6) is 0.649. The van der Waals surface area contributed by atoms with Crippen molar-refractivity contribution in [2.24, 2.45) is 0 Å². The lowest BCUT2D eigenvalue weighted by Crippen LogP contribution is -2.30. The van der Waals surface area contributed by atoms with Crippen molar-refractivity contribution < 1.29 is 9.53 Å². The van der Waals surface area contributed by atoms with E-state index < -0.39 is 6.10 Å². The van der Waals surface area contributed by atoms with E-state index in [0.717, 1.165) is 35.4 Å². The topological polar surface area (TPSA) is 38.3 Å². The van der Waals surface area contributed by atoms with Crippen LogP contribution in [0.3, 0.4) is 0 Å². The third-order valence-corrected chi connectivity index (χ3v) is 4.49. The van der Waals surface area contributed by atoms with Gasteiger partial charge in [-0.05, 0) is 93.0 Å². The number of rotatable bonds is 4. The van der Waals surface area contributed by atoms with Crippen molar-refractivity contribution in [2.75, 3.05) is 5.32 Å². The highest BCUT2D eigenvalue weighted by Crippen LogP contribution is 2.26. The Balaban J connectivity index is 1.65. The number of benzene rings is 2. The van der Waals surface area contributed by atoms with E-state index in [1.54, 1.807) is 6.92 Å². The molecule has 0 spiro atoms. The highest BCUT2D eigenvalue weighted by atomic mass is 16.5. The molecule has 0 radical (unpaired) electrons. The number of hydrogen-bond donors (Lipinski definition) is 1. The fourth-order valence-electron chi connectivity index (χ4n) is 3.33. The zero-order chi connectivity index (χ0) is 17.1. The number of anilines is 1. The highest BCUT2D eigenvalue weighted by Gasteiger charge is 2.17. The molecule has 1 amide bonds. The molecule has 0 heterocycles. The maximum Gasteiger partial charge on any atom is 0.265 e. The van der Waals surface area contributed by atoms with E-state index in [9.17, 15) is 4.79 Å². The molecule has 3 nitrogen and oxygen atoms in total. The van der Waals surface area contributed by atoms with Gasteiger partial charge in [-0.25, -0.2) is 0 Å². The second-order valence-corrected chi connectivity index (χ2v) is 6.76. The molecule has 1 atom stereocenters. The van der Waals surface area contributed by atoms with E-state index in [1.807, 2.05) is 32.0 Å². The molecular weight excluding hydrogens is 298 g/mol. The Labute approximate surface area is 144 Å². The van der Waals surface area contributed by atoms with Crippen molar-refractivity contribution in [3.8, 4) is 5.75 Å². The minimum Gasteiger partial charge on any atom is -0.481 e. The van der Waals surface area contributed by atoms with Gasteiger partial charge in [0.1, 0.15) is 5.75 Å². The number of aryl methyl sites for hydroxylation is 4. The fourth-order valence-corrected chi connectivity index (χ4v) is 3.33. The first kappa shape index (κ1) is 16.6. The van der Waals surface area contributed by atoms with E-state index in [4.69, 9.17) is 4.74 Å². The number of fused-ring (bicyclic) bond motifs is 1. The SMILES string of the molecule is Cc1cc(C)cc(NC(=O)[C@@H](C)Oc2ccc3c(c2)CCCC3)c1. The predicted molar refractivity (Wildman–Crippen MR) is 97.7 cm³/mol. The van der Waals surface area contributed by atoms with Crippen LogP contribution in [-0.2, 0) is 17.6 Å². The summed E-state index contributed by atoms with van der Waals surface area (Å²) in [5.41, 5.74) is 5.86. The normalized spacial score (nSPS) is 14.6. The summed E-state index contributed by atoms with van der Waals surface area (Å²) in [5, 5.41) is 2.94. The predicted octanol–water partition coefficient (Wildman–Crippen LogP) is 4.59. The first-order chi connectivity index (χ1) is 11.5. The Hall–Kier alpha value is -2.29. The summed E-state index contributed by atoms with van der Waals surface area (Å²) in [7, 11) is 0. The van der Waals surface area contributed by atoms with Gasteiger partial charge in [-0.2, -0.15) is 0 Å². The molecule has 0 unspecified atom stereocenters. The van der Waals surface area contributed by atoms with Crippen LogP contribution in [0.2, 0.25) is 0 Å². The van der Waals surface area contributed by atoms with E-state index in [-0.39, 0.29) is 5.91 Å².